The standard InChI is InChI=1S/C11H12ClN3.CH4/c1-9(6-15-8-13-7-14-15)10-2-4-11(12)5-3-10;/h2-5,7-9H,6H2,1H3;1H4. The summed E-state index contributed by atoms with van der Waals surface area (Å²) in [4.78, 5) is 3.91. The zero-order valence-electron chi connectivity index (χ0n) is 8.47. The van der Waals surface area contributed by atoms with Gasteiger partial charge in [-0.1, -0.05) is 38.1 Å². The van der Waals surface area contributed by atoms with Gasteiger partial charge in [0.25, 0.3) is 0 Å². The lowest BCUT2D eigenvalue weighted by atomic mass is 10.0. The predicted molar refractivity (Wildman–Crippen MR) is 66.6 cm³/mol. The monoisotopic (exact) mass is 237 g/mol. The summed E-state index contributed by atoms with van der Waals surface area (Å²) in [6.07, 6.45) is 3.28. The molecule has 86 valence electrons. The molecule has 3 nitrogen and oxygen atoms in total. The van der Waals surface area contributed by atoms with Crippen LogP contribution in [0.1, 0.15) is 25.8 Å². The van der Waals surface area contributed by atoms with E-state index < -0.39 is 0 Å². The molecule has 4 heteroatoms. The van der Waals surface area contributed by atoms with E-state index in [1.165, 1.54) is 5.56 Å². The summed E-state index contributed by atoms with van der Waals surface area (Å²) in [6, 6.07) is 7.91. The Bertz CT molecular complexity index is 408. The van der Waals surface area contributed by atoms with E-state index in [0.29, 0.717) is 5.92 Å². The average molecular weight is 238 g/mol. The number of nitrogens with zero attached hydrogens (tertiary/aromatic N) is 3. The van der Waals surface area contributed by atoms with E-state index in [2.05, 4.69) is 17.0 Å². The number of halogens is 1. The van der Waals surface area contributed by atoms with Crippen LogP contribution in [-0.4, -0.2) is 14.8 Å². The second kappa shape index (κ2) is 5.66. The first-order chi connectivity index (χ1) is 7.25. The molecule has 2 aromatic rings. The second-order valence-electron chi connectivity index (χ2n) is 3.57. The third-order valence-corrected chi connectivity index (χ3v) is 2.62. The lowest BCUT2D eigenvalue weighted by Gasteiger charge is -2.11. The van der Waals surface area contributed by atoms with Crippen LogP contribution >= 0.6 is 11.6 Å². The van der Waals surface area contributed by atoms with Crippen molar-refractivity contribution in [3.8, 4) is 0 Å². The highest BCUT2D eigenvalue weighted by Crippen LogP contribution is 2.19. The van der Waals surface area contributed by atoms with Gasteiger partial charge in [-0.2, -0.15) is 5.10 Å². The van der Waals surface area contributed by atoms with E-state index in [1.807, 2.05) is 28.9 Å². The minimum absolute atomic E-state index is 0. The van der Waals surface area contributed by atoms with Crippen molar-refractivity contribution in [2.75, 3.05) is 0 Å². The minimum atomic E-state index is 0. The SMILES string of the molecule is C.CC(Cn1cncn1)c1ccc(Cl)cc1. The van der Waals surface area contributed by atoms with Crippen LogP contribution in [0.25, 0.3) is 0 Å². The molecule has 0 bridgehead atoms. The lowest BCUT2D eigenvalue weighted by molar-refractivity contribution is 0.542. The molecule has 2 rings (SSSR count). The molecule has 1 aromatic heterocycles. The zero-order valence-corrected chi connectivity index (χ0v) is 9.22. The van der Waals surface area contributed by atoms with E-state index in [4.69, 9.17) is 11.6 Å². The molecule has 1 aromatic carbocycles. The maximum absolute atomic E-state index is 5.83. The Kier molecular flexibility index (Phi) is 4.50. The van der Waals surface area contributed by atoms with Crippen molar-refractivity contribution in [2.45, 2.75) is 26.8 Å². The summed E-state index contributed by atoms with van der Waals surface area (Å²) in [5.41, 5.74) is 1.26. The fourth-order valence-electron chi connectivity index (χ4n) is 1.50. The molecule has 0 amide bonds. The number of aromatic nitrogens is 3. The van der Waals surface area contributed by atoms with Gasteiger partial charge in [0.05, 0.1) is 0 Å². The van der Waals surface area contributed by atoms with Gasteiger partial charge in [-0.25, -0.2) is 4.98 Å². The van der Waals surface area contributed by atoms with Gasteiger partial charge in [0, 0.05) is 17.5 Å². The molecule has 0 fully saturated rings. The summed E-state index contributed by atoms with van der Waals surface area (Å²) in [6.45, 7) is 2.99. The molecule has 0 radical (unpaired) electrons. The van der Waals surface area contributed by atoms with Gasteiger partial charge < -0.3 is 0 Å². The highest BCUT2D eigenvalue weighted by molar-refractivity contribution is 6.30. The second-order valence-corrected chi connectivity index (χ2v) is 4.01. The third kappa shape index (κ3) is 3.07. The van der Waals surface area contributed by atoms with E-state index in [1.54, 1.807) is 12.7 Å². The first-order valence-electron chi connectivity index (χ1n) is 4.83. The van der Waals surface area contributed by atoms with E-state index in [-0.39, 0.29) is 7.43 Å². The number of benzene rings is 1. The van der Waals surface area contributed by atoms with Crippen LogP contribution in [0.4, 0.5) is 0 Å². The molecule has 1 atom stereocenters. The van der Waals surface area contributed by atoms with Gasteiger partial charge in [0.1, 0.15) is 12.7 Å². The molecule has 0 aliphatic rings. The van der Waals surface area contributed by atoms with Crippen molar-refractivity contribution >= 4 is 11.6 Å². The fourth-order valence-corrected chi connectivity index (χ4v) is 1.63. The smallest absolute Gasteiger partial charge is 0.137 e. The van der Waals surface area contributed by atoms with Gasteiger partial charge in [0.15, 0.2) is 0 Å². The number of hydrogen-bond acceptors (Lipinski definition) is 2. The van der Waals surface area contributed by atoms with Gasteiger partial charge in [-0.15, -0.1) is 0 Å². The zero-order chi connectivity index (χ0) is 10.7. The quantitative estimate of drug-likeness (QED) is 0.820. The number of rotatable bonds is 3. The molecule has 0 aliphatic carbocycles. The van der Waals surface area contributed by atoms with Crippen molar-refractivity contribution in [3.63, 3.8) is 0 Å². The summed E-state index contributed by atoms with van der Waals surface area (Å²) < 4.78 is 1.83. The van der Waals surface area contributed by atoms with Gasteiger partial charge in [-0.3, -0.25) is 4.68 Å². The first-order valence-corrected chi connectivity index (χ1v) is 5.21. The Morgan fingerprint density at radius 1 is 1.31 bits per heavy atom. The summed E-state index contributed by atoms with van der Waals surface area (Å²) in [7, 11) is 0. The molecule has 0 saturated heterocycles. The van der Waals surface area contributed by atoms with Crippen molar-refractivity contribution in [1.29, 1.82) is 0 Å². The average Bonchev–Trinajstić information content (AvgIpc) is 2.71. The summed E-state index contributed by atoms with van der Waals surface area (Å²) in [5, 5.41) is 4.85. The van der Waals surface area contributed by atoms with E-state index in [0.717, 1.165) is 11.6 Å². The largest absolute Gasteiger partial charge is 0.252 e. The van der Waals surface area contributed by atoms with Crippen molar-refractivity contribution < 1.29 is 0 Å². The highest BCUT2D eigenvalue weighted by atomic mass is 35.5. The third-order valence-electron chi connectivity index (χ3n) is 2.37. The number of hydrogen-bond donors (Lipinski definition) is 0. The molecule has 0 spiro atoms. The Labute approximate surface area is 101 Å². The van der Waals surface area contributed by atoms with Crippen LogP contribution in [0.3, 0.4) is 0 Å². The summed E-state index contributed by atoms with van der Waals surface area (Å²) in [5.74, 6) is 0.406. The van der Waals surface area contributed by atoms with Crippen LogP contribution in [0.15, 0.2) is 36.9 Å². The first kappa shape index (κ1) is 12.7. The van der Waals surface area contributed by atoms with Crippen LogP contribution in [-0.2, 0) is 6.54 Å². The van der Waals surface area contributed by atoms with Crippen LogP contribution in [0, 0.1) is 0 Å². The van der Waals surface area contributed by atoms with Crippen molar-refractivity contribution in [1.82, 2.24) is 14.8 Å². The molecule has 1 unspecified atom stereocenters. The Morgan fingerprint density at radius 2 is 2.00 bits per heavy atom. The predicted octanol–water partition coefficient (Wildman–Crippen LogP) is 3.37. The topological polar surface area (TPSA) is 30.7 Å². The Balaban J connectivity index is 0.00000128. The van der Waals surface area contributed by atoms with Gasteiger partial charge in [0.2, 0.25) is 0 Å². The minimum Gasteiger partial charge on any atom is -0.252 e. The fraction of sp³-hybridized carbons (Fsp3) is 0.333. The highest BCUT2D eigenvalue weighted by Gasteiger charge is 2.06. The summed E-state index contributed by atoms with van der Waals surface area (Å²) >= 11 is 5.83. The van der Waals surface area contributed by atoms with E-state index in [9.17, 15) is 0 Å². The van der Waals surface area contributed by atoms with Gasteiger partial charge >= 0.3 is 0 Å². The van der Waals surface area contributed by atoms with Crippen molar-refractivity contribution in [2.24, 2.45) is 0 Å². The van der Waals surface area contributed by atoms with Crippen LogP contribution in [0.5, 0.6) is 0 Å². The molecule has 16 heavy (non-hydrogen) atoms. The molecule has 0 N–H and O–H groups in total. The Hall–Kier alpha value is -1.35. The molecule has 1 heterocycles. The lowest BCUT2D eigenvalue weighted by Crippen LogP contribution is -2.06. The molecule has 0 saturated carbocycles. The normalized spacial score (nSPS) is 11.9. The van der Waals surface area contributed by atoms with Crippen LogP contribution in [0.2, 0.25) is 5.02 Å². The van der Waals surface area contributed by atoms with Gasteiger partial charge in [-0.05, 0) is 17.7 Å². The molecular weight excluding hydrogens is 222 g/mol. The maximum atomic E-state index is 5.83. The van der Waals surface area contributed by atoms with E-state index >= 15 is 0 Å². The van der Waals surface area contributed by atoms with Crippen LogP contribution < -0.4 is 0 Å². The van der Waals surface area contributed by atoms with Crippen molar-refractivity contribution in [3.05, 3.63) is 47.5 Å². The maximum Gasteiger partial charge on any atom is 0.137 e. The molecule has 0 aliphatic heterocycles. The molecular formula is C12H16ClN3. The Morgan fingerprint density at radius 3 is 2.56 bits per heavy atom.